The highest BCUT2D eigenvalue weighted by atomic mass is 19.4. The van der Waals surface area contributed by atoms with Crippen LogP contribution in [0.3, 0.4) is 0 Å². The van der Waals surface area contributed by atoms with E-state index in [1.54, 1.807) is 13.2 Å². The van der Waals surface area contributed by atoms with Crippen LogP contribution in [0.1, 0.15) is 48.8 Å². The van der Waals surface area contributed by atoms with Gasteiger partial charge < -0.3 is 9.84 Å². The van der Waals surface area contributed by atoms with Crippen molar-refractivity contribution in [2.45, 2.75) is 43.9 Å². The van der Waals surface area contributed by atoms with Gasteiger partial charge in [0.2, 0.25) is 0 Å². The van der Waals surface area contributed by atoms with Crippen molar-refractivity contribution in [1.29, 1.82) is 0 Å². The Kier molecular flexibility index (Phi) is 5.61. The average Bonchev–Trinajstić information content (AvgIpc) is 2.84. The molecule has 1 fully saturated rings. The lowest BCUT2D eigenvalue weighted by Crippen LogP contribution is -2.28. The fourth-order valence-corrected chi connectivity index (χ4v) is 3.62. The van der Waals surface area contributed by atoms with Crippen LogP contribution < -0.4 is 4.74 Å². The van der Waals surface area contributed by atoms with Crippen molar-refractivity contribution in [3.63, 3.8) is 0 Å². The first-order valence-electron chi connectivity index (χ1n) is 9.08. The van der Waals surface area contributed by atoms with Crippen molar-refractivity contribution < 1.29 is 23.0 Å². The molecule has 1 N–H and O–H groups in total. The van der Waals surface area contributed by atoms with Crippen LogP contribution in [0, 0.1) is 0 Å². The molecule has 2 aromatic carbocycles. The van der Waals surface area contributed by atoms with E-state index in [0.29, 0.717) is 18.4 Å². The number of methoxy groups -OCH3 is 1. The minimum atomic E-state index is -4.43. The molecule has 27 heavy (non-hydrogen) atoms. The molecule has 1 saturated carbocycles. The monoisotopic (exact) mass is 376 g/mol. The van der Waals surface area contributed by atoms with Crippen LogP contribution in [0.25, 0.3) is 6.08 Å². The Morgan fingerprint density at radius 3 is 2.44 bits per heavy atom. The highest BCUT2D eigenvalue weighted by molar-refractivity contribution is 5.57. The highest BCUT2D eigenvalue weighted by Crippen LogP contribution is 2.42. The van der Waals surface area contributed by atoms with Crippen LogP contribution in [0.4, 0.5) is 13.2 Å². The molecule has 0 bridgehead atoms. The normalized spacial score (nSPS) is 22.5. The number of rotatable bonds is 3. The summed E-state index contributed by atoms with van der Waals surface area (Å²) in [7, 11) is 1.59. The lowest BCUT2D eigenvalue weighted by molar-refractivity contribution is -0.137. The van der Waals surface area contributed by atoms with Gasteiger partial charge in [0.1, 0.15) is 11.4 Å². The molecule has 5 heteroatoms. The van der Waals surface area contributed by atoms with E-state index in [4.69, 9.17) is 4.74 Å². The SMILES string of the molecule is COc1ccc(C=C2CCCCCC2(O)c2cccc(C(F)(F)F)c2)cc1. The minimum absolute atomic E-state index is 0.305. The number of aliphatic hydroxyl groups is 1. The number of alkyl halides is 3. The third kappa shape index (κ3) is 4.35. The van der Waals surface area contributed by atoms with Gasteiger partial charge in [-0.3, -0.25) is 0 Å². The topological polar surface area (TPSA) is 29.5 Å². The zero-order valence-electron chi connectivity index (χ0n) is 15.2. The number of ether oxygens (including phenoxy) is 1. The van der Waals surface area contributed by atoms with Crippen LogP contribution in [0.15, 0.2) is 54.1 Å². The summed E-state index contributed by atoms with van der Waals surface area (Å²) in [6.07, 6.45) is 1.15. The van der Waals surface area contributed by atoms with Crippen LogP contribution >= 0.6 is 0 Å². The summed E-state index contributed by atoms with van der Waals surface area (Å²) >= 11 is 0. The Labute approximate surface area is 157 Å². The predicted octanol–water partition coefficient (Wildman–Crippen LogP) is 5.95. The smallest absolute Gasteiger partial charge is 0.416 e. The third-order valence-electron chi connectivity index (χ3n) is 5.14. The maximum Gasteiger partial charge on any atom is 0.416 e. The Morgan fingerprint density at radius 2 is 1.78 bits per heavy atom. The van der Waals surface area contributed by atoms with E-state index in [0.717, 1.165) is 48.3 Å². The van der Waals surface area contributed by atoms with Gasteiger partial charge in [-0.1, -0.05) is 36.8 Å². The van der Waals surface area contributed by atoms with Gasteiger partial charge in [-0.15, -0.1) is 0 Å². The van der Waals surface area contributed by atoms with E-state index in [1.807, 2.05) is 30.3 Å². The van der Waals surface area contributed by atoms with Crippen molar-refractivity contribution in [3.05, 3.63) is 70.8 Å². The summed E-state index contributed by atoms with van der Waals surface area (Å²) < 4.78 is 44.6. The second-order valence-electron chi connectivity index (χ2n) is 6.94. The van der Waals surface area contributed by atoms with E-state index >= 15 is 0 Å². The first-order chi connectivity index (χ1) is 12.8. The van der Waals surface area contributed by atoms with Gasteiger partial charge in [0.15, 0.2) is 0 Å². The van der Waals surface area contributed by atoms with Crippen molar-refractivity contribution in [1.82, 2.24) is 0 Å². The second kappa shape index (κ2) is 7.77. The first kappa shape index (κ1) is 19.5. The molecule has 1 aliphatic carbocycles. The molecule has 0 spiro atoms. The van der Waals surface area contributed by atoms with Crippen LogP contribution in [-0.2, 0) is 11.8 Å². The molecule has 1 unspecified atom stereocenters. The van der Waals surface area contributed by atoms with Crippen molar-refractivity contribution in [2.24, 2.45) is 0 Å². The number of halogens is 3. The molecule has 2 aromatic rings. The Balaban J connectivity index is 2.04. The zero-order chi connectivity index (χ0) is 19.5. The van der Waals surface area contributed by atoms with Gasteiger partial charge in [0.05, 0.1) is 12.7 Å². The summed E-state index contributed by atoms with van der Waals surface area (Å²) in [5.74, 6) is 0.728. The summed E-state index contributed by atoms with van der Waals surface area (Å²) in [5, 5.41) is 11.5. The quantitative estimate of drug-likeness (QED) is 0.671. The molecule has 0 aromatic heterocycles. The van der Waals surface area contributed by atoms with E-state index in [-0.39, 0.29) is 0 Å². The van der Waals surface area contributed by atoms with Gasteiger partial charge in [-0.05, 0) is 66.6 Å². The zero-order valence-corrected chi connectivity index (χ0v) is 15.2. The Bertz CT molecular complexity index is 809. The minimum Gasteiger partial charge on any atom is -0.497 e. The first-order valence-corrected chi connectivity index (χ1v) is 9.08. The van der Waals surface area contributed by atoms with Gasteiger partial charge >= 0.3 is 6.18 Å². The fourth-order valence-electron chi connectivity index (χ4n) is 3.62. The van der Waals surface area contributed by atoms with Crippen molar-refractivity contribution >= 4 is 6.08 Å². The molecule has 3 rings (SSSR count). The van der Waals surface area contributed by atoms with Gasteiger partial charge in [0.25, 0.3) is 0 Å². The van der Waals surface area contributed by atoms with E-state index in [9.17, 15) is 18.3 Å². The van der Waals surface area contributed by atoms with Crippen molar-refractivity contribution in [2.75, 3.05) is 7.11 Å². The maximum atomic E-state index is 13.1. The summed E-state index contributed by atoms with van der Waals surface area (Å²) in [4.78, 5) is 0. The van der Waals surface area contributed by atoms with Gasteiger partial charge in [-0.25, -0.2) is 0 Å². The van der Waals surface area contributed by atoms with Gasteiger partial charge in [0, 0.05) is 0 Å². The molecular formula is C22H23F3O2. The largest absolute Gasteiger partial charge is 0.497 e. The Morgan fingerprint density at radius 1 is 1.04 bits per heavy atom. The Hall–Kier alpha value is -2.27. The standard InChI is InChI=1S/C22H23F3O2/c1-27-20-11-9-16(10-12-20)14-17-6-3-2-4-13-21(17,26)18-7-5-8-19(15-18)22(23,24)25/h5,7-12,14-15,26H,2-4,6,13H2,1H3. The van der Waals surface area contributed by atoms with Crippen LogP contribution in [0.5, 0.6) is 5.75 Å². The molecule has 1 aliphatic rings. The summed E-state index contributed by atoms with van der Waals surface area (Å²) in [6.45, 7) is 0. The number of hydrogen-bond acceptors (Lipinski definition) is 2. The van der Waals surface area contributed by atoms with Crippen LogP contribution in [0.2, 0.25) is 0 Å². The third-order valence-corrected chi connectivity index (χ3v) is 5.14. The van der Waals surface area contributed by atoms with Gasteiger partial charge in [-0.2, -0.15) is 13.2 Å². The predicted molar refractivity (Wildman–Crippen MR) is 99.4 cm³/mol. The molecule has 0 saturated heterocycles. The van der Waals surface area contributed by atoms with E-state index in [1.165, 1.54) is 6.07 Å². The molecule has 0 heterocycles. The number of benzene rings is 2. The molecule has 0 amide bonds. The molecule has 144 valence electrons. The maximum absolute atomic E-state index is 13.1. The fraction of sp³-hybridized carbons (Fsp3) is 0.364. The average molecular weight is 376 g/mol. The molecule has 2 nitrogen and oxygen atoms in total. The number of hydrogen-bond donors (Lipinski definition) is 1. The highest BCUT2D eigenvalue weighted by Gasteiger charge is 2.37. The van der Waals surface area contributed by atoms with E-state index in [2.05, 4.69) is 0 Å². The van der Waals surface area contributed by atoms with E-state index < -0.39 is 17.3 Å². The lowest BCUT2D eigenvalue weighted by atomic mass is 9.81. The molecule has 1 atom stereocenters. The van der Waals surface area contributed by atoms with Crippen LogP contribution in [-0.4, -0.2) is 12.2 Å². The molecule has 0 aliphatic heterocycles. The lowest BCUT2D eigenvalue weighted by Gasteiger charge is -2.31. The van der Waals surface area contributed by atoms with Crippen molar-refractivity contribution in [3.8, 4) is 5.75 Å². The summed E-state index contributed by atoms with van der Waals surface area (Å²) in [5.41, 5.74) is -0.180. The summed E-state index contributed by atoms with van der Waals surface area (Å²) in [6, 6.07) is 12.5. The molecule has 0 radical (unpaired) electrons. The molecular weight excluding hydrogens is 353 g/mol. The second-order valence-corrected chi connectivity index (χ2v) is 6.94.